The minimum absolute atomic E-state index is 0.00287. The van der Waals surface area contributed by atoms with Crippen molar-refractivity contribution < 1.29 is 9.53 Å². The first kappa shape index (κ1) is 19.4. The van der Waals surface area contributed by atoms with Gasteiger partial charge in [0, 0.05) is 5.56 Å². The number of methoxy groups -OCH3 is 1. The van der Waals surface area contributed by atoms with Crippen LogP contribution < -0.4 is 10.1 Å². The molecule has 7 heteroatoms. The second-order valence-electron chi connectivity index (χ2n) is 7.46. The SMILES string of the molecule is COc1ccc(C(NC(=O)Cn2c(-c3cccc(C)c3)n[nH]c2=S)C2CC2)cc1. The fraction of sp³-hybridized carbons (Fsp3) is 0.318. The Morgan fingerprint density at radius 2 is 2.07 bits per heavy atom. The molecule has 1 unspecified atom stereocenters. The van der Waals surface area contributed by atoms with E-state index in [-0.39, 0.29) is 18.5 Å². The van der Waals surface area contributed by atoms with Crippen molar-refractivity contribution in [1.82, 2.24) is 20.1 Å². The molecule has 150 valence electrons. The molecule has 1 heterocycles. The lowest BCUT2D eigenvalue weighted by molar-refractivity contribution is -0.122. The Kier molecular flexibility index (Phi) is 5.49. The summed E-state index contributed by atoms with van der Waals surface area (Å²) in [5.41, 5.74) is 3.15. The number of hydrogen-bond donors (Lipinski definition) is 2. The third-order valence-electron chi connectivity index (χ3n) is 5.22. The number of rotatable bonds is 7. The fourth-order valence-corrected chi connectivity index (χ4v) is 3.74. The van der Waals surface area contributed by atoms with Crippen LogP contribution >= 0.6 is 12.2 Å². The van der Waals surface area contributed by atoms with Crippen molar-refractivity contribution in [2.75, 3.05) is 7.11 Å². The van der Waals surface area contributed by atoms with Gasteiger partial charge in [-0.25, -0.2) is 0 Å². The van der Waals surface area contributed by atoms with Crippen LogP contribution in [0.4, 0.5) is 0 Å². The molecule has 0 bridgehead atoms. The number of ether oxygens (including phenoxy) is 1. The van der Waals surface area contributed by atoms with E-state index in [1.165, 1.54) is 0 Å². The van der Waals surface area contributed by atoms with Crippen LogP contribution in [0.3, 0.4) is 0 Å². The van der Waals surface area contributed by atoms with Crippen molar-refractivity contribution in [2.24, 2.45) is 5.92 Å². The maximum Gasteiger partial charge on any atom is 0.240 e. The van der Waals surface area contributed by atoms with Crippen LogP contribution in [0.2, 0.25) is 0 Å². The Balaban J connectivity index is 1.53. The van der Waals surface area contributed by atoms with Crippen LogP contribution in [0.1, 0.15) is 30.0 Å². The molecule has 1 aliphatic rings. The Labute approximate surface area is 174 Å². The maximum atomic E-state index is 12.9. The van der Waals surface area contributed by atoms with Crippen LogP contribution in [0.15, 0.2) is 48.5 Å². The van der Waals surface area contributed by atoms with Gasteiger partial charge in [0.25, 0.3) is 0 Å². The monoisotopic (exact) mass is 408 g/mol. The van der Waals surface area contributed by atoms with Gasteiger partial charge in [0.1, 0.15) is 12.3 Å². The van der Waals surface area contributed by atoms with Gasteiger partial charge in [-0.05, 0) is 61.7 Å². The van der Waals surface area contributed by atoms with E-state index in [0.717, 1.165) is 35.3 Å². The van der Waals surface area contributed by atoms with Gasteiger partial charge in [0.15, 0.2) is 10.6 Å². The Bertz CT molecular complexity index is 1070. The highest BCUT2D eigenvalue weighted by Gasteiger charge is 2.33. The van der Waals surface area contributed by atoms with E-state index in [1.54, 1.807) is 11.7 Å². The number of aromatic nitrogens is 3. The van der Waals surface area contributed by atoms with E-state index in [9.17, 15) is 4.79 Å². The van der Waals surface area contributed by atoms with Gasteiger partial charge in [0.2, 0.25) is 5.91 Å². The number of aromatic amines is 1. The highest BCUT2D eigenvalue weighted by atomic mass is 32.1. The second kappa shape index (κ2) is 8.21. The summed E-state index contributed by atoms with van der Waals surface area (Å²) in [5, 5.41) is 10.4. The predicted molar refractivity (Wildman–Crippen MR) is 114 cm³/mol. The van der Waals surface area contributed by atoms with Crippen molar-refractivity contribution >= 4 is 18.1 Å². The van der Waals surface area contributed by atoms with E-state index >= 15 is 0 Å². The molecule has 3 aromatic rings. The molecule has 0 aliphatic heterocycles. The number of carbonyl (C=O) groups is 1. The van der Waals surface area contributed by atoms with Crippen LogP contribution in [-0.4, -0.2) is 27.8 Å². The average Bonchev–Trinajstić information content (AvgIpc) is 3.50. The number of amides is 1. The number of nitrogens with one attached hydrogen (secondary N) is 2. The zero-order valence-electron chi connectivity index (χ0n) is 16.5. The van der Waals surface area contributed by atoms with E-state index in [0.29, 0.717) is 16.5 Å². The molecule has 1 aromatic heterocycles. The summed E-state index contributed by atoms with van der Waals surface area (Å²) in [6.07, 6.45) is 2.24. The number of benzene rings is 2. The number of nitrogens with zero attached hydrogens (tertiary/aromatic N) is 2. The molecule has 1 amide bonds. The summed E-state index contributed by atoms with van der Waals surface area (Å²) in [5.74, 6) is 1.87. The third-order valence-corrected chi connectivity index (χ3v) is 5.53. The lowest BCUT2D eigenvalue weighted by Crippen LogP contribution is -2.33. The largest absolute Gasteiger partial charge is 0.497 e. The Morgan fingerprint density at radius 3 is 2.72 bits per heavy atom. The Morgan fingerprint density at radius 1 is 1.31 bits per heavy atom. The van der Waals surface area contributed by atoms with Crippen molar-refractivity contribution in [2.45, 2.75) is 32.4 Å². The molecule has 1 atom stereocenters. The average molecular weight is 409 g/mol. The van der Waals surface area contributed by atoms with Crippen LogP contribution in [0, 0.1) is 17.6 Å². The molecule has 1 aliphatic carbocycles. The molecule has 0 spiro atoms. The first-order valence-electron chi connectivity index (χ1n) is 9.70. The van der Waals surface area contributed by atoms with Gasteiger partial charge >= 0.3 is 0 Å². The quantitative estimate of drug-likeness (QED) is 0.575. The normalized spacial score (nSPS) is 14.4. The topological polar surface area (TPSA) is 71.9 Å². The van der Waals surface area contributed by atoms with E-state index in [4.69, 9.17) is 17.0 Å². The second-order valence-corrected chi connectivity index (χ2v) is 7.85. The zero-order chi connectivity index (χ0) is 20.4. The molecule has 6 nitrogen and oxygen atoms in total. The van der Waals surface area contributed by atoms with Crippen LogP contribution in [-0.2, 0) is 11.3 Å². The van der Waals surface area contributed by atoms with Crippen LogP contribution in [0.5, 0.6) is 5.75 Å². The summed E-state index contributed by atoms with van der Waals surface area (Å²) in [4.78, 5) is 12.9. The van der Waals surface area contributed by atoms with E-state index in [2.05, 4.69) is 15.5 Å². The minimum Gasteiger partial charge on any atom is -0.497 e. The third kappa shape index (κ3) is 4.40. The molecular formula is C22H24N4O2S. The zero-order valence-corrected chi connectivity index (χ0v) is 17.3. The number of carbonyl (C=O) groups excluding carboxylic acids is 1. The summed E-state index contributed by atoms with van der Waals surface area (Å²) in [6.45, 7) is 2.15. The predicted octanol–water partition coefficient (Wildman–Crippen LogP) is 4.19. The first-order chi connectivity index (χ1) is 14.0. The first-order valence-corrected chi connectivity index (χ1v) is 10.1. The molecule has 4 rings (SSSR count). The lowest BCUT2D eigenvalue weighted by atomic mass is 10.0. The van der Waals surface area contributed by atoms with Gasteiger partial charge in [-0.1, -0.05) is 35.9 Å². The molecule has 0 radical (unpaired) electrons. The van der Waals surface area contributed by atoms with Gasteiger partial charge in [-0.3, -0.25) is 14.5 Å². The maximum absolute atomic E-state index is 12.9. The molecule has 0 saturated heterocycles. The molecule has 29 heavy (non-hydrogen) atoms. The van der Waals surface area contributed by atoms with E-state index in [1.807, 2.05) is 55.5 Å². The summed E-state index contributed by atoms with van der Waals surface area (Å²) in [7, 11) is 1.65. The van der Waals surface area contributed by atoms with Gasteiger partial charge < -0.3 is 10.1 Å². The van der Waals surface area contributed by atoms with Crippen LogP contribution in [0.25, 0.3) is 11.4 Å². The van der Waals surface area contributed by atoms with Crippen molar-refractivity contribution in [1.29, 1.82) is 0 Å². The van der Waals surface area contributed by atoms with Gasteiger partial charge in [0.05, 0.1) is 13.2 Å². The number of H-pyrrole nitrogens is 1. The van der Waals surface area contributed by atoms with Gasteiger partial charge in [-0.15, -0.1) is 0 Å². The standard InChI is InChI=1S/C22H24N4O2S/c1-14-4-3-5-17(12-14)21-24-25-22(29)26(21)13-19(27)23-20(15-6-7-15)16-8-10-18(28-2)11-9-16/h3-5,8-12,15,20H,6-7,13H2,1-2H3,(H,23,27)(H,25,29). The van der Waals surface area contributed by atoms with Crippen molar-refractivity contribution in [3.8, 4) is 17.1 Å². The highest BCUT2D eigenvalue weighted by molar-refractivity contribution is 7.71. The number of aryl methyl sites for hydroxylation is 1. The lowest BCUT2D eigenvalue weighted by Gasteiger charge is -2.19. The molecular weight excluding hydrogens is 384 g/mol. The summed E-state index contributed by atoms with van der Waals surface area (Å²) >= 11 is 5.37. The Hall–Kier alpha value is -2.93. The highest BCUT2D eigenvalue weighted by Crippen LogP contribution is 2.41. The van der Waals surface area contributed by atoms with E-state index < -0.39 is 0 Å². The molecule has 1 fully saturated rings. The summed E-state index contributed by atoms with van der Waals surface area (Å²) in [6, 6.07) is 15.9. The smallest absolute Gasteiger partial charge is 0.240 e. The van der Waals surface area contributed by atoms with Crippen molar-refractivity contribution in [3.05, 3.63) is 64.4 Å². The summed E-state index contributed by atoms with van der Waals surface area (Å²) < 4.78 is 7.42. The number of hydrogen-bond acceptors (Lipinski definition) is 4. The fourth-order valence-electron chi connectivity index (χ4n) is 3.55. The van der Waals surface area contributed by atoms with Gasteiger partial charge in [-0.2, -0.15) is 5.10 Å². The van der Waals surface area contributed by atoms with Crippen molar-refractivity contribution in [3.63, 3.8) is 0 Å². The molecule has 1 saturated carbocycles. The molecule has 2 N–H and O–H groups in total. The minimum atomic E-state index is -0.0795. The molecule has 2 aromatic carbocycles.